The third-order valence-electron chi connectivity index (χ3n) is 1.70. The highest BCUT2D eigenvalue weighted by Crippen LogP contribution is 2.18. The maximum absolute atomic E-state index is 10.9. The average molecular weight is 151 g/mol. The Labute approximate surface area is 64.5 Å². The van der Waals surface area contributed by atoms with Gasteiger partial charge in [0.25, 0.3) is 0 Å². The van der Waals surface area contributed by atoms with Crippen molar-refractivity contribution >= 4 is 5.91 Å². The van der Waals surface area contributed by atoms with Crippen molar-refractivity contribution in [3.8, 4) is 0 Å². The fraction of sp³-hybridized carbons (Fsp3) is 0.571. The van der Waals surface area contributed by atoms with Gasteiger partial charge in [-0.2, -0.15) is 0 Å². The van der Waals surface area contributed by atoms with E-state index in [0.29, 0.717) is 5.57 Å². The zero-order valence-corrected chi connectivity index (χ0v) is 6.16. The van der Waals surface area contributed by atoms with Gasteiger partial charge in [0.1, 0.15) is 0 Å². The van der Waals surface area contributed by atoms with E-state index in [1.54, 1.807) is 0 Å². The van der Waals surface area contributed by atoms with E-state index in [4.69, 9.17) is 5.53 Å². The first-order valence-electron chi connectivity index (χ1n) is 3.63. The van der Waals surface area contributed by atoms with Crippen molar-refractivity contribution in [2.75, 3.05) is 0 Å². The molecule has 0 saturated carbocycles. The van der Waals surface area contributed by atoms with Crippen LogP contribution in [0.2, 0.25) is 0 Å². The molecule has 0 aromatic heterocycles. The Kier molecular flexibility index (Phi) is 2.69. The van der Waals surface area contributed by atoms with Crippen LogP contribution in [0, 0.1) is 0 Å². The smallest absolute Gasteiger partial charge is 0.244 e. The monoisotopic (exact) mass is 151 g/mol. The van der Waals surface area contributed by atoms with Gasteiger partial charge in [-0.1, -0.05) is 6.08 Å². The van der Waals surface area contributed by atoms with Gasteiger partial charge in [0.2, 0.25) is 5.91 Å². The molecule has 0 atom stereocenters. The van der Waals surface area contributed by atoms with Crippen LogP contribution >= 0.6 is 0 Å². The van der Waals surface area contributed by atoms with Crippen LogP contribution < -0.4 is 0 Å². The number of hydrogen-bond acceptors (Lipinski definition) is 1. The number of hydrogen-bond donors (Lipinski definition) is 0. The van der Waals surface area contributed by atoms with Gasteiger partial charge in [0.15, 0.2) is 0 Å². The SMILES string of the molecule is [N-]=[N+]=NC(=O)C1=CCCCC1. The van der Waals surface area contributed by atoms with E-state index < -0.39 is 5.91 Å². The van der Waals surface area contributed by atoms with Crippen molar-refractivity contribution in [3.63, 3.8) is 0 Å². The van der Waals surface area contributed by atoms with E-state index in [2.05, 4.69) is 10.0 Å². The van der Waals surface area contributed by atoms with E-state index in [1.807, 2.05) is 6.08 Å². The van der Waals surface area contributed by atoms with Gasteiger partial charge in [-0.3, -0.25) is 4.79 Å². The summed E-state index contributed by atoms with van der Waals surface area (Å²) < 4.78 is 0. The summed E-state index contributed by atoms with van der Waals surface area (Å²) in [5.74, 6) is -0.410. The molecule has 11 heavy (non-hydrogen) atoms. The second-order valence-electron chi connectivity index (χ2n) is 2.47. The van der Waals surface area contributed by atoms with Gasteiger partial charge >= 0.3 is 0 Å². The molecular weight excluding hydrogens is 142 g/mol. The minimum Gasteiger partial charge on any atom is -0.287 e. The highest BCUT2D eigenvalue weighted by atomic mass is 16.1. The third-order valence-corrected chi connectivity index (χ3v) is 1.70. The van der Waals surface area contributed by atoms with Crippen molar-refractivity contribution < 1.29 is 4.79 Å². The largest absolute Gasteiger partial charge is 0.287 e. The van der Waals surface area contributed by atoms with Gasteiger partial charge in [-0.05, 0) is 41.9 Å². The van der Waals surface area contributed by atoms with Crippen molar-refractivity contribution in [2.24, 2.45) is 5.11 Å². The van der Waals surface area contributed by atoms with E-state index in [9.17, 15) is 4.79 Å². The molecule has 0 fully saturated rings. The Morgan fingerprint density at radius 3 is 3.00 bits per heavy atom. The second-order valence-corrected chi connectivity index (χ2v) is 2.47. The Morgan fingerprint density at radius 1 is 1.64 bits per heavy atom. The van der Waals surface area contributed by atoms with Gasteiger partial charge < -0.3 is 0 Å². The molecule has 0 radical (unpaired) electrons. The quantitative estimate of drug-likeness (QED) is 0.322. The summed E-state index contributed by atoms with van der Waals surface area (Å²) in [4.78, 5) is 13.4. The summed E-state index contributed by atoms with van der Waals surface area (Å²) in [5, 5.41) is 3.02. The first-order chi connectivity index (χ1) is 5.34. The number of nitrogens with zero attached hydrogens (tertiary/aromatic N) is 3. The fourth-order valence-corrected chi connectivity index (χ4v) is 1.14. The molecule has 0 aromatic carbocycles. The summed E-state index contributed by atoms with van der Waals surface area (Å²) in [5.41, 5.74) is 8.65. The third kappa shape index (κ3) is 2.09. The van der Waals surface area contributed by atoms with Gasteiger partial charge in [0.05, 0.1) is 0 Å². The molecule has 1 aliphatic rings. The highest BCUT2D eigenvalue weighted by Gasteiger charge is 2.09. The molecule has 1 rings (SSSR count). The highest BCUT2D eigenvalue weighted by molar-refractivity contribution is 5.94. The molecule has 0 heterocycles. The lowest BCUT2D eigenvalue weighted by atomic mass is 9.99. The normalized spacial score (nSPS) is 16.5. The summed E-state index contributed by atoms with van der Waals surface area (Å²) in [6, 6.07) is 0. The minimum absolute atomic E-state index is 0.410. The van der Waals surface area contributed by atoms with Crippen LogP contribution in [-0.2, 0) is 4.79 Å². The predicted octanol–water partition coefficient (Wildman–Crippen LogP) is 2.32. The topological polar surface area (TPSA) is 65.8 Å². The molecule has 0 spiro atoms. The molecule has 4 heteroatoms. The zero-order chi connectivity index (χ0) is 8.10. The van der Waals surface area contributed by atoms with Crippen LogP contribution in [0.1, 0.15) is 25.7 Å². The lowest BCUT2D eigenvalue weighted by molar-refractivity contribution is -0.114. The molecular formula is C7H9N3O. The molecule has 4 nitrogen and oxygen atoms in total. The predicted molar refractivity (Wildman–Crippen MR) is 40.7 cm³/mol. The van der Waals surface area contributed by atoms with Gasteiger partial charge in [-0.15, -0.1) is 0 Å². The summed E-state index contributed by atoms with van der Waals surface area (Å²) in [6.45, 7) is 0. The Bertz CT molecular complexity index is 238. The lowest BCUT2D eigenvalue weighted by Gasteiger charge is -2.07. The molecule has 0 aromatic rings. The van der Waals surface area contributed by atoms with E-state index >= 15 is 0 Å². The molecule has 0 unspecified atom stereocenters. The number of rotatable bonds is 1. The standard InChI is InChI=1S/C7H9N3O/c8-10-9-7(11)6-4-2-1-3-5-6/h4H,1-3,5H2. The van der Waals surface area contributed by atoms with Crippen LogP contribution in [0.3, 0.4) is 0 Å². The molecule has 1 aliphatic carbocycles. The van der Waals surface area contributed by atoms with Gasteiger partial charge in [-0.25, -0.2) is 0 Å². The second kappa shape index (κ2) is 3.78. The minimum atomic E-state index is -0.410. The zero-order valence-electron chi connectivity index (χ0n) is 6.16. The van der Waals surface area contributed by atoms with Crippen molar-refractivity contribution in [1.29, 1.82) is 0 Å². The summed E-state index contributed by atoms with van der Waals surface area (Å²) in [7, 11) is 0. The Morgan fingerprint density at radius 2 is 2.45 bits per heavy atom. The number of allylic oxidation sites excluding steroid dienone is 1. The maximum atomic E-state index is 10.9. The first kappa shape index (κ1) is 7.82. The first-order valence-corrected chi connectivity index (χ1v) is 3.63. The number of carbonyl (C=O) groups is 1. The molecule has 58 valence electrons. The maximum Gasteiger partial charge on any atom is 0.244 e. The molecule has 0 N–H and O–H groups in total. The van der Waals surface area contributed by atoms with Crippen molar-refractivity contribution in [2.45, 2.75) is 25.7 Å². The molecule has 1 amide bonds. The van der Waals surface area contributed by atoms with Crippen LogP contribution in [0.5, 0.6) is 0 Å². The van der Waals surface area contributed by atoms with E-state index in [1.165, 1.54) is 0 Å². The van der Waals surface area contributed by atoms with Crippen LogP contribution in [0.15, 0.2) is 16.8 Å². The van der Waals surface area contributed by atoms with Crippen molar-refractivity contribution in [1.82, 2.24) is 0 Å². The number of carbonyl (C=O) groups excluding carboxylic acids is 1. The van der Waals surface area contributed by atoms with Gasteiger partial charge in [0, 0.05) is 4.91 Å². The molecule has 0 aliphatic heterocycles. The fourth-order valence-electron chi connectivity index (χ4n) is 1.14. The summed E-state index contributed by atoms with van der Waals surface area (Å²) in [6.07, 6.45) is 5.71. The lowest BCUT2D eigenvalue weighted by Crippen LogP contribution is -2.01. The Hall–Kier alpha value is -1.28. The van der Waals surface area contributed by atoms with E-state index in [0.717, 1.165) is 25.7 Å². The number of amides is 1. The van der Waals surface area contributed by atoms with Crippen LogP contribution in [0.4, 0.5) is 0 Å². The summed E-state index contributed by atoms with van der Waals surface area (Å²) >= 11 is 0. The molecule has 0 saturated heterocycles. The number of azide groups is 1. The van der Waals surface area contributed by atoms with E-state index in [-0.39, 0.29) is 0 Å². The van der Waals surface area contributed by atoms with Crippen molar-refractivity contribution in [3.05, 3.63) is 22.1 Å². The Balaban J connectivity index is 2.65. The van der Waals surface area contributed by atoms with Crippen LogP contribution in [-0.4, -0.2) is 5.91 Å². The average Bonchev–Trinajstić information content (AvgIpc) is 2.07. The molecule has 0 bridgehead atoms. The van der Waals surface area contributed by atoms with Crippen LogP contribution in [0.25, 0.3) is 10.4 Å².